The summed E-state index contributed by atoms with van der Waals surface area (Å²) < 4.78 is 37.2. The van der Waals surface area contributed by atoms with Gasteiger partial charge in [-0.1, -0.05) is 6.07 Å². The van der Waals surface area contributed by atoms with E-state index in [0.717, 1.165) is 40.6 Å². The molecule has 0 radical (unpaired) electrons. The van der Waals surface area contributed by atoms with E-state index in [-0.39, 0.29) is 16.8 Å². The highest BCUT2D eigenvalue weighted by atomic mass is 32.2. The number of ether oxygens (including phenoxy) is 2. The van der Waals surface area contributed by atoms with Gasteiger partial charge in [0.25, 0.3) is 5.91 Å². The van der Waals surface area contributed by atoms with Crippen molar-refractivity contribution in [3.63, 3.8) is 0 Å². The summed E-state index contributed by atoms with van der Waals surface area (Å²) in [6.45, 7) is 1.92. The molecule has 0 saturated carbocycles. The molecule has 0 bridgehead atoms. The second-order valence-corrected chi connectivity index (χ2v) is 9.88. The number of rotatable bonds is 4. The first kappa shape index (κ1) is 20.7. The monoisotopic (exact) mass is 430 g/mol. The van der Waals surface area contributed by atoms with Gasteiger partial charge in [0.05, 0.1) is 24.2 Å². The van der Waals surface area contributed by atoms with Crippen molar-refractivity contribution in [2.45, 2.75) is 30.2 Å². The van der Waals surface area contributed by atoms with Gasteiger partial charge in [0.2, 0.25) is 10.0 Å². The predicted molar refractivity (Wildman–Crippen MR) is 112 cm³/mol. The van der Waals surface area contributed by atoms with Gasteiger partial charge in [-0.05, 0) is 54.8 Å². The quantitative estimate of drug-likeness (QED) is 0.745. The van der Waals surface area contributed by atoms with Crippen molar-refractivity contribution in [1.29, 1.82) is 0 Å². The van der Waals surface area contributed by atoms with Gasteiger partial charge in [-0.2, -0.15) is 0 Å². The molecule has 0 unspecified atom stereocenters. The fraction of sp³-hybridized carbons (Fsp3) is 0.409. The molecule has 7 nitrogen and oxygen atoms in total. The maximum absolute atomic E-state index is 13.2. The summed E-state index contributed by atoms with van der Waals surface area (Å²) in [7, 11) is -0.552. The minimum atomic E-state index is -3.52. The van der Waals surface area contributed by atoms with Gasteiger partial charge in [0, 0.05) is 32.6 Å². The van der Waals surface area contributed by atoms with Crippen LogP contribution in [0.25, 0.3) is 0 Å². The van der Waals surface area contributed by atoms with E-state index in [1.165, 1.54) is 26.2 Å². The molecule has 1 saturated heterocycles. The number of carbonyl (C=O) groups is 1. The molecule has 0 spiro atoms. The molecule has 0 N–H and O–H groups in total. The summed E-state index contributed by atoms with van der Waals surface area (Å²) in [4.78, 5) is 15.2. The Bertz CT molecular complexity index is 1030. The number of hydrogen-bond donors (Lipinski definition) is 0. The molecule has 1 amide bonds. The highest BCUT2D eigenvalue weighted by molar-refractivity contribution is 7.89. The minimum absolute atomic E-state index is 0.0418. The summed E-state index contributed by atoms with van der Waals surface area (Å²) in [6, 6.07) is 12.0. The van der Waals surface area contributed by atoms with E-state index in [9.17, 15) is 13.2 Å². The number of sulfonamides is 1. The van der Waals surface area contributed by atoms with Crippen LogP contribution in [0.5, 0.6) is 11.5 Å². The van der Waals surface area contributed by atoms with Crippen LogP contribution in [-0.2, 0) is 10.0 Å². The molecule has 2 aromatic rings. The molecule has 2 heterocycles. The van der Waals surface area contributed by atoms with E-state index in [1.54, 1.807) is 12.1 Å². The number of benzene rings is 2. The van der Waals surface area contributed by atoms with Crippen molar-refractivity contribution in [1.82, 2.24) is 9.21 Å². The van der Waals surface area contributed by atoms with Gasteiger partial charge in [-0.3, -0.25) is 4.79 Å². The van der Waals surface area contributed by atoms with Crippen molar-refractivity contribution in [2.75, 3.05) is 33.9 Å². The highest BCUT2D eigenvalue weighted by Crippen LogP contribution is 2.38. The zero-order valence-corrected chi connectivity index (χ0v) is 18.0. The lowest BCUT2D eigenvalue weighted by atomic mass is 10.0. The Hall–Kier alpha value is -2.58. The van der Waals surface area contributed by atoms with Crippen molar-refractivity contribution in [2.24, 2.45) is 0 Å². The third-order valence-corrected chi connectivity index (χ3v) is 7.38. The highest BCUT2D eigenvalue weighted by Gasteiger charge is 2.31. The molecule has 2 aliphatic heterocycles. The van der Waals surface area contributed by atoms with Crippen LogP contribution in [0.15, 0.2) is 47.4 Å². The molecule has 4 rings (SSSR count). The van der Waals surface area contributed by atoms with E-state index in [4.69, 9.17) is 9.47 Å². The molecular weight excluding hydrogens is 404 g/mol. The van der Waals surface area contributed by atoms with E-state index in [1.807, 2.05) is 23.1 Å². The second kappa shape index (κ2) is 8.28. The standard InChI is InChI=1S/C22H26N2O5S/c1-23(2)30(26,27)18-9-6-16(7-10-18)22(25)24-12-3-5-19(24)17-8-11-20-21(15-17)29-14-4-13-28-20/h6-11,15,19H,3-5,12-14H2,1-2H3/t19-/m0/s1. The SMILES string of the molecule is CN(C)S(=O)(=O)c1ccc(C(=O)N2CCC[C@H]2c2ccc3c(c2)OCCCO3)cc1. The van der Waals surface area contributed by atoms with Gasteiger partial charge >= 0.3 is 0 Å². The maximum atomic E-state index is 13.2. The minimum Gasteiger partial charge on any atom is -0.490 e. The fourth-order valence-electron chi connectivity index (χ4n) is 3.89. The molecule has 0 aliphatic carbocycles. The Morgan fingerprint density at radius 3 is 2.40 bits per heavy atom. The van der Waals surface area contributed by atoms with E-state index < -0.39 is 10.0 Å². The Labute approximate surface area is 177 Å². The van der Waals surface area contributed by atoms with Crippen molar-refractivity contribution in [3.05, 3.63) is 53.6 Å². The Morgan fingerprint density at radius 2 is 1.70 bits per heavy atom. The smallest absolute Gasteiger partial charge is 0.254 e. The zero-order chi connectivity index (χ0) is 21.3. The lowest BCUT2D eigenvalue weighted by molar-refractivity contribution is 0.0735. The number of amides is 1. The van der Waals surface area contributed by atoms with Gasteiger partial charge in [-0.15, -0.1) is 0 Å². The van der Waals surface area contributed by atoms with Crippen LogP contribution in [0.3, 0.4) is 0 Å². The van der Waals surface area contributed by atoms with Crippen LogP contribution in [0.1, 0.15) is 41.2 Å². The average Bonchev–Trinajstić information content (AvgIpc) is 3.11. The summed E-state index contributed by atoms with van der Waals surface area (Å²) in [5.41, 5.74) is 1.51. The van der Waals surface area contributed by atoms with Gasteiger partial charge < -0.3 is 14.4 Å². The lowest BCUT2D eigenvalue weighted by Gasteiger charge is -2.26. The van der Waals surface area contributed by atoms with Crippen molar-refractivity contribution in [3.8, 4) is 11.5 Å². The fourth-order valence-corrected chi connectivity index (χ4v) is 4.79. The summed E-state index contributed by atoms with van der Waals surface area (Å²) in [5.74, 6) is 1.37. The molecule has 160 valence electrons. The number of nitrogens with zero attached hydrogens (tertiary/aromatic N) is 2. The van der Waals surface area contributed by atoms with Crippen LogP contribution in [-0.4, -0.2) is 57.4 Å². The molecule has 2 aliphatic rings. The van der Waals surface area contributed by atoms with E-state index in [2.05, 4.69) is 0 Å². The number of likely N-dealkylation sites (tertiary alicyclic amines) is 1. The summed E-state index contributed by atoms with van der Waals surface area (Å²) in [6.07, 6.45) is 2.63. The van der Waals surface area contributed by atoms with Crippen LogP contribution in [0.4, 0.5) is 0 Å². The molecule has 1 atom stereocenters. The van der Waals surface area contributed by atoms with E-state index in [0.29, 0.717) is 25.3 Å². The van der Waals surface area contributed by atoms with Crippen molar-refractivity contribution >= 4 is 15.9 Å². The number of fused-ring (bicyclic) bond motifs is 1. The first-order chi connectivity index (χ1) is 14.4. The Morgan fingerprint density at radius 1 is 1.00 bits per heavy atom. The maximum Gasteiger partial charge on any atom is 0.254 e. The average molecular weight is 431 g/mol. The summed E-state index contributed by atoms with van der Waals surface area (Å²) >= 11 is 0. The Kier molecular flexibility index (Phi) is 5.71. The molecule has 0 aromatic heterocycles. The first-order valence-electron chi connectivity index (χ1n) is 10.1. The summed E-state index contributed by atoms with van der Waals surface area (Å²) in [5, 5.41) is 0. The third kappa shape index (κ3) is 3.89. The number of carbonyl (C=O) groups excluding carboxylic acids is 1. The molecule has 30 heavy (non-hydrogen) atoms. The van der Waals surface area contributed by atoms with Crippen LogP contribution >= 0.6 is 0 Å². The second-order valence-electron chi connectivity index (χ2n) is 7.73. The zero-order valence-electron chi connectivity index (χ0n) is 17.2. The molecule has 2 aromatic carbocycles. The largest absolute Gasteiger partial charge is 0.490 e. The predicted octanol–water partition coefficient (Wildman–Crippen LogP) is 3.08. The Balaban J connectivity index is 1.56. The molecule has 8 heteroatoms. The topological polar surface area (TPSA) is 76.2 Å². The molecular formula is C22H26N2O5S. The van der Waals surface area contributed by atoms with Crippen LogP contribution in [0.2, 0.25) is 0 Å². The lowest BCUT2D eigenvalue weighted by Crippen LogP contribution is -2.30. The third-order valence-electron chi connectivity index (χ3n) is 5.55. The number of hydrogen-bond acceptors (Lipinski definition) is 5. The van der Waals surface area contributed by atoms with Gasteiger partial charge in [0.1, 0.15) is 0 Å². The first-order valence-corrected chi connectivity index (χ1v) is 11.5. The van der Waals surface area contributed by atoms with Gasteiger partial charge in [0.15, 0.2) is 11.5 Å². The van der Waals surface area contributed by atoms with Crippen molar-refractivity contribution < 1.29 is 22.7 Å². The van der Waals surface area contributed by atoms with Gasteiger partial charge in [-0.25, -0.2) is 12.7 Å². The normalized spacial score (nSPS) is 19.0. The molecule has 1 fully saturated rings. The van der Waals surface area contributed by atoms with Crippen LogP contribution < -0.4 is 9.47 Å². The van der Waals surface area contributed by atoms with E-state index >= 15 is 0 Å². The van der Waals surface area contributed by atoms with Crippen LogP contribution in [0, 0.1) is 0 Å².